The lowest BCUT2D eigenvalue weighted by Crippen LogP contribution is -2.48. The zero-order valence-electron chi connectivity index (χ0n) is 15.7. The number of hydrogen-bond donors (Lipinski definition) is 0. The van der Waals surface area contributed by atoms with E-state index in [4.69, 9.17) is 9.72 Å². The molecule has 1 aliphatic rings. The monoisotopic (exact) mass is 435 g/mol. The molecule has 0 aliphatic carbocycles. The van der Waals surface area contributed by atoms with Crippen molar-refractivity contribution in [1.82, 2.24) is 9.29 Å². The molecule has 0 bridgehead atoms. The third-order valence-electron chi connectivity index (χ3n) is 4.80. The van der Waals surface area contributed by atoms with Gasteiger partial charge in [-0.1, -0.05) is 17.4 Å². The van der Waals surface area contributed by atoms with Gasteiger partial charge in [0.2, 0.25) is 10.0 Å². The summed E-state index contributed by atoms with van der Waals surface area (Å²) in [6.07, 6.45) is 2.05. The molecule has 1 aromatic heterocycles. The number of benzene rings is 2. The standard InChI is InChI=1S/C19H21N3O3S3/c1-25-14-6-8-15(9-7-14)28(23,24)22-12-10-21(11-13-22)19-20-18-16(26-2)4-3-5-17(18)27-19/h3-9H,10-13H2,1-2H3. The van der Waals surface area contributed by atoms with Gasteiger partial charge in [-0.2, -0.15) is 4.31 Å². The molecule has 0 N–H and O–H groups in total. The Hall–Kier alpha value is -1.81. The Labute approximate surface area is 173 Å². The molecule has 0 saturated carbocycles. The fraction of sp³-hybridized carbons (Fsp3) is 0.316. The molecule has 4 rings (SSSR count). The predicted octanol–water partition coefficient (Wildman–Crippen LogP) is 3.54. The molecule has 1 saturated heterocycles. The summed E-state index contributed by atoms with van der Waals surface area (Å²) in [6.45, 7) is 2.15. The van der Waals surface area contributed by atoms with E-state index in [-0.39, 0.29) is 0 Å². The van der Waals surface area contributed by atoms with Gasteiger partial charge in [0, 0.05) is 31.1 Å². The summed E-state index contributed by atoms with van der Waals surface area (Å²) in [4.78, 5) is 8.45. The van der Waals surface area contributed by atoms with Gasteiger partial charge in [-0.15, -0.1) is 11.8 Å². The van der Waals surface area contributed by atoms with Crippen LogP contribution in [0.25, 0.3) is 10.2 Å². The van der Waals surface area contributed by atoms with Gasteiger partial charge in [-0.3, -0.25) is 0 Å². The molecule has 2 heterocycles. The smallest absolute Gasteiger partial charge is 0.243 e. The fourth-order valence-electron chi connectivity index (χ4n) is 3.23. The fourth-order valence-corrected chi connectivity index (χ4v) is 6.32. The third kappa shape index (κ3) is 3.59. The van der Waals surface area contributed by atoms with E-state index in [0.29, 0.717) is 36.8 Å². The molecule has 148 valence electrons. The predicted molar refractivity (Wildman–Crippen MR) is 115 cm³/mol. The highest BCUT2D eigenvalue weighted by molar-refractivity contribution is 7.98. The van der Waals surface area contributed by atoms with Crippen LogP contribution in [0.5, 0.6) is 5.75 Å². The highest BCUT2D eigenvalue weighted by atomic mass is 32.2. The van der Waals surface area contributed by atoms with Gasteiger partial charge < -0.3 is 9.64 Å². The summed E-state index contributed by atoms with van der Waals surface area (Å²) in [5.74, 6) is 0.643. The van der Waals surface area contributed by atoms with Crippen molar-refractivity contribution in [3.63, 3.8) is 0 Å². The van der Waals surface area contributed by atoms with E-state index >= 15 is 0 Å². The summed E-state index contributed by atoms with van der Waals surface area (Å²) >= 11 is 3.35. The first-order valence-electron chi connectivity index (χ1n) is 8.85. The molecule has 3 aromatic rings. The molecule has 0 atom stereocenters. The van der Waals surface area contributed by atoms with E-state index in [1.807, 2.05) is 0 Å². The molecule has 1 aliphatic heterocycles. The maximum Gasteiger partial charge on any atom is 0.243 e. The van der Waals surface area contributed by atoms with E-state index in [1.54, 1.807) is 58.8 Å². The van der Waals surface area contributed by atoms with Crippen LogP contribution >= 0.6 is 23.1 Å². The lowest BCUT2D eigenvalue weighted by Gasteiger charge is -2.33. The van der Waals surface area contributed by atoms with Crippen LogP contribution in [0.4, 0.5) is 5.13 Å². The number of aromatic nitrogens is 1. The minimum atomic E-state index is -3.50. The molecular formula is C19H21N3O3S3. The first-order chi connectivity index (χ1) is 13.5. The first-order valence-corrected chi connectivity index (χ1v) is 12.3. The van der Waals surface area contributed by atoms with Gasteiger partial charge in [-0.25, -0.2) is 13.4 Å². The van der Waals surface area contributed by atoms with Crippen LogP contribution in [-0.2, 0) is 10.0 Å². The number of para-hydroxylation sites is 1. The van der Waals surface area contributed by atoms with E-state index in [0.717, 1.165) is 15.3 Å². The molecule has 0 amide bonds. The second kappa shape index (κ2) is 7.90. The van der Waals surface area contributed by atoms with E-state index in [9.17, 15) is 8.42 Å². The van der Waals surface area contributed by atoms with Crippen LogP contribution in [0, 0.1) is 0 Å². The topological polar surface area (TPSA) is 62.7 Å². The number of fused-ring (bicyclic) bond motifs is 1. The van der Waals surface area contributed by atoms with Crippen molar-refractivity contribution < 1.29 is 13.2 Å². The number of sulfonamides is 1. The van der Waals surface area contributed by atoms with E-state index < -0.39 is 10.0 Å². The SMILES string of the molecule is COc1ccc(S(=O)(=O)N2CCN(c3nc4c(SC)cccc4s3)CC2)cc1. The van der Waals surface area contributed by atoms with Crippen molar-refractivity contribution in [1.29, 1.82) is 0 Å². The molecular weight excluding hydrogens is 414 g/mol. The van der Waals surface area contributed by atoms with Crippen LogP contribution in [0.2, 0.25) is 0 Å². The van der Waals surface area contributed by atoms with Crippen molar-refractivity contribution >= 4 is 48.5 Å². The minimum absolute atomic E-state index is 0.298. The number of piperazine rings is 1. The Kier molecular flexibility index (Phi) is 5.50. The Bertz CT molecular complexity index is 1070. The number of thiazole rings is 1. The van der Waals surface area contributed by atoms with Gasteiger partial charge in [0.1, 0.15) is 5.75 Å². The van der Waals surface area contributed by atoms with E-state index in [2.05, 4.69) is 29.4 Å². The maximum atomic E-state index is 12.9. The van der Waals surface area contributed by atoms with Gasteiger partial charge >= 0.3 is 0 Å². The Morgan fingerprint density at radius 1 is 1.07 bits per heavy atom. The van der Waals surface area contributed by atoms with Gasteiger partial charge in [0.25, 0.3) is 0 Å². The van der Waals surface area contributed by atoms with Crippen molar-refractivity contribution in [3.8, 4) is 5.75 Å². The van der Waals surface area contributed by atoms with Crippen LogP contribution in [0.15, 0.2) is 52.3 Å². The van der Waals surface area contributed by atoms with Crippen molar-refractivity contribution in [3.05, 3.63) is 42.5 Å². The molecule has 2 aromatic carbocycles. The quantitative estimate of drug-likeness (QED) is 0.571. The van der Waals surface area contributed by atoms with Crippen LogP contribution < -0.4 is 9.64 Å². The van der Waals surface area contributed by atoms with Crippen LogP contribution in [-0.4, -0.2) is 57.3 Å². The molecule has 0 spiro atoms. The first kappa shape index (κ1) is 19.5. The molecule has 1 fully saturated rings. The highest BCUT2D eigenvalue weighted by Crippen LogP contribution is 2.34. The van der Waals surface area contributed by atoms with Gasteiger partial charge in [0.15, 0.2) is 5.13 Å². The van der Waals surface area contributed by atoms with Crippen LogP contribution in [0.3, 0.4) is 0 Å². The molecule has 0 radical (unpaired) electrons. The Balaban J connectivity index is 1.49. The van der Waals surface area contributed by atoms with Gasteiger partial charge in [0.05, 0.1) is 22.2 Å². The second-order valence-corrected chi connectivity index (χ2v) is 10.2. The Morgan fingerprint density at radius 2 is 1.79 bits per heavy atom. The number of methoxy groups -OCH3 is 1. The number of thioether (sulfide) groups is 1. The Morgan fingerprint density at radius 3 is 2.43 bits per heavy atom. The normalized spacial score (nSPS) is 15.9. The van der Waals surface area contributed by atoms with Crippen molar-refractivity contribution in [2.24, 2.45) is 0 Å². The maximum absolute atomic E-state index is 12.9. The van der Waals surface area contributed by atoms with Crippen LogP contribution in [0.1, 0.15) is 0 Å². The summed E-state index contributed by atoms with van der Waals surface area (Å²) in [7, 11) is -1.93. The number of rotatable bonds is 5. The van der Waals surface area contributed by atoms with Crippen molar-refractivity contribution in [2.75, 3.05) is 44.4 Å². The lowest BCUT2D eigenvalue weighted by molar-refractivity contribution is 0.384. The molecule has 28 heavy (non-hydrogen) atoms. The van der Waals surface area contributed by atoms with Gasteiger partial charge in [-0.05, 0) is 42.7 Å². The average Bonchev–Trinajstić information content (AvgIpc) is 3.18. The molecule has 9 heteroatoms. The van der Waals surface area contributed by atoms with Crippen molar-refractivity contribution in [2.45, 2.75) is 9.79 Å². The number of anilines is 1. The summed E-state index contributed by atoms with van der Waals surface area (Å²) in [6, 6.07) is 12.8. The zero-order valence-corrected chi connectivity index (χ0v) is 18.1. The summed E-state index contributed by atoms with van der Waals surface area (Å²) in [5.41, 5.74) is 1.03. The summed E-state index contributed by atoms with van der Waals surface area (Å²) < 4.78 is 33.6. The van der Waals surface area contributed by atoms with E-state index in [1.165, 1.54) is 4.90 Å². The molecule has 0 unspecified atom stereocenters. The zero-order chi connectivity index (χ0) is 19.7. The number of nitrogens with zero attached hydrogens (tertiary/aromatic N) is 3. The summed E-state index contributed by atoms with van der Waals surface area (Å²) in [5, 5.41) is 0.956. The third-order valence-corrected chi connectivity index (χ3v) is 8.56. The lowest BCUT2D eigenvalue weighted by atomic mass is 10.3. The number of hydrogen-bond acceptors (Lipinski definition) is 7. The second-order valence-electron chi connectivity index (χ2n) is 6.37. The minimum Gasteiger partial charge on any atom is -0.497 e. The highest BCUT2D eigenvalue weighted by Gasteiger charge is 2.29. The number of ether oxygens (including phenoxy) is 1. The largest absolute Gasteiger partial charge is 0.497 e. The average molecular weight is 436 g/mol. The molecule has 6 nitrogen and oxygen atoms in total.